The molecule has 0 radical (unpaired) electrons. The van der Waals surface area contributed by atoms with E-state index in [9.17, 15) is 0 Å². The molecule has 17 heavy (non-hydrogen) atoms. The van der Waals surface area contributed by atoms with Crippen LogP contribution in [0.4, 0.5) is 5.69 Å². The highest BCUT2D eigenvalue weighted by molar-refractivity contribution is 7.80. The summed E-state index contributed by atoms with van der Waals surface area (Å²) in [6, 6.07) is 9.50. The number of hydrogen-bond acceptors (Lipinski definition) is 2. The molecule has 1 heterocycles. The van der Waals surface area contributed by atoms with Crippen LogP contribution in [0.15, 0.2) is 24.3 Å². The summed E-state index contributed by atoms with van der Waals surface area (Å²) in [5, 5.41) is 0. The number of anilines is 1. The van der Waals surface area contributed by atoms with E-state index in [1.165, 1.54) is 37.1 Å². The number of thiol groups is 1. The van der Waals surface area contributed by atoms with Gasteiger partial charge in [-0.05, 0) is 49.5 Å². The number of rotatable bonds is 5. The highest BCUT2D eigenvalue weighted by Gasteiger charge is 2.25. The van der Waals surface area contributed by atoms with Crippen LogP contribution in [-0.4, -0.2) is 18.3 Å². The summed E-state index contributed by atoms with van der Waals surface area (Å²) in [5.41, 5.74) is 2.97. The standard InChI is InChI=1S/C15H23NS/c1-12(8-10-17)7-9-16-13(2)11-14-5-3-4-6-15(14)16/h3-6,12-13,17H,7-11H2,1-2H3. The topological polar surface area (TPSA) is 3.24 Å². The van der Waals surface area contributed by atoms with Crippen LogP contribution in [0.5, 0.6) is 0 Å². The average Bonchev–Trinajstić information content (AvgIpc) is 2.62. The first kappa shape index (κ1) is 12.8. The lowest BCUT2D eigenvalue weighted by Gasteiger charge is -2.26. The number of para-hydroxylation sites is 1. The van der Waals surface area contributed by atoms with Gasteiger partial charge in [0.15, 0.2) is 0 Å². The van der Waals surface area contributed by atoms with Gasteiger partial charge in [-0.15, -0.1) is 0 Å². The average molecular weight is 249 g/mol. The Hall–Kier alpha value is -0.630. The Labute approximate surface area is 111 Å². The van der Waals surface area contributed by atoms with Crippen molar-refractivity contribution in [2.24, 2.45) is 5.92 Å². The molecule has 1 aliphatic heterocycles. The molecule has 1 aromatic rings. The van der Waals surface area contributed by atoms with Crippen molar-refractivity contribution in [1.29, 1.82) is 0 Å². The Bertz CT molecular complexity index is 364. The second-order valence-corrected chi connectivity index (χ2v) is 5.73. The van der Waals surface area contributed by atoms with Crippen LogP contribution in [-0.2, 0) is 6.42 Å². The molecule has 0 bridgehead atoms. The van der Waals surface area contributed by atoms with Crippen molar-refractivity contribution >= 4 is 18.3 Å². The van der Waals surface area contributed by atoms with Crippen molar-refractivity contribution in [1.82, 2.24) is 0 Å². The van der Waals surface area contributed by atoms with E-state index in [1.54, 1.807) is 0 Å². The number of benzene rings is 1. The normalized spacial score (nSPS) is 20.4. The van der Waals surface area contributed by atoms with E-state index in [4.69, 9.17) is 0 Å². The summed E-state index contributed by atoms with van der Waals surface area (Å²) in [4.78, 5) is 2.57. The molecular weight excluding hydrogens is 226 g/mol. The second-order valence-electron chi connectivity index (χ2n) is 5.28. The minimum Gasteiger partial charge on any atom is -0.368 e. The van der Waals surface area contributed by atoms with Gasteiger partial charge in [0.2, 0.25) is 0 Å². The van der Waals surface area contributed by atoms with Crippen LogP contribution in [0.25, 0.3) is 0 Å². The molecule has 2 unspecified atom stereocenters. The van der Waals surface area contributed by atoms with Gasteiger partial charge in [-0.3, -0.25) is 0 Å². The lowest BCUT2D eigenvalue weighted by molar-refractivity contribution is 0.504. The third-order valence-corrected chi connectivity index (χ3v) is 4.09. The molecule has 0 amide bonds. The molecular formula is C15H23NS. The van der Waals surface area contributed by atoms with Gasteiger partial charge in [-0.2, -0.15) is 12.6 Å². The molecule has 0 aromatic heterocycles. The molecule has 0 saturated heterocycles. The van der Waals surface area contributed by atoms with Crippen LogP contribution >= 0.6 is 12.6 Å². The zero-order chi connectivity index (χ0) is 12.3. The predicted octanol–water partition coefficient (Wildman–Crippen LogP) is 3.78. The van der Waals surface area contributed by atoms with Crippen LogP contribution in [0.3, 0.4) is 0 Å². The zero-order valence-corrected chi connectivity index (χ0v) is 11.8. The Morgan fingerprint density at radius 1 is 1.35 bits per heavy atom. The molecule has 1 nitrogen and oxygen atoms in total. The van der Waals surface area contributed by atoms with Gasteiger partial charge in [0.05, 0.1) is 0 Å². The van der Waals surface area contributed by atoms with Gasteiger partial charge in [0.1, 0.15) is 0 Å². The first-order valence-corrected chi connectivity index (χ1v) is 7.31. The smallest absolute Gasteiger partial charge is 0.0402 e. The fraction of sp³-hybridized carbons (Fsp3) is 0.600. The molecule has 0 aliphatic carbocycles. The van der Waals surface area contributed by atoms with E-state index in [-0.39, 0.29) is 0 Å². The third-order valence-electron chi connectivity index (χ3n) is 3.83. The molecule has 1 aliphatic rings. The molecule has 2 rings (SSSR count). The Kier molecular flexibility index (Phi) is 4.38. The minimum absolute atomic E-state index is 0.663. The van der Waals surface area contributed by atoms with Gasteiger partial charge >= 0.3 is 0 Å². The summed E-state index contributed by atoms with van der Waals surface area (Å²) in [6.07, 6.45) is 3.71. The van der Waals surface area contributed by atoms with E-state index in [0.717, 1.165) is 11.7 Å². The van der Waals surface area contributed by atoms with Gasteiger partial charge in [-0.1, -0.05) is 25.1 Å². The summed E-state index contributed by atoms with van der Waals surface area (Å²) in [5.74, 6) is 1.79. The fourth-order valence-electron chi connectivity index (χ4n) is 2.69. The summed E-state index contributed by atoms with van der Waals surface area (Å²) >= 11 is 4.31. The van der Waals surface area contributed by atoms with E-state index in [0.29, 0.717) is 6.04 Å². The van der Waals surface area contributed by atoms with Crippen LogP contribution in [0.1, 0.15) is 32.3 Å². The Morgan fingerprint density at radius 3 is 2.88 bits per heavy atom. The van der Waals surface area contributed by atoms with Crippen LogP contribution in [0, 0.1) is 5.92 Å². The largest absolute Gasteiger partial charge is 0.368 e. The molecule has 0 saturated carbocycles. The maximum Gasteiger partial charge on any atom is 0.0402 e. The maximum absolute atomic E-state index is 4.31. The quantitative estimate of drug-likeness (QED) is 0.777. The van der Waals surface area contributed by atoms with Gasteiger partial charge in [0, 0.05) is 18.3 Å². The molecule has 94 valence electrons. The second kappa shape index (κ2) is 5.81. The molecule has 0 spiro atoms. The first-order valence-electron chi connectivity index (χ1n) is 6.67. The Morgan fingerprint density at radius 2 is 2.12 bits per heavy atom. The molecule has 2 atom stereocenters. The highest BCUT2D eigenvalue weighted by atomic mass is 32.1. The van der Waals surface area contributed by atoms with Crippen molar-refractivity contribution < 1.29 is 0 Å². The van der Waals surface area contributed by atoms with Crippen molar-refractivity contribution in [2.45, 2.75) is 39.2 Å². The summed E-state index contributed by atoms with van der Waals surface area (Å²) < 4.78 is 0. The minimum atomic E-state index is 0.663. The van der Waals surface area contributed by atoms with E-state index in [1.807, 2.05) is 0 Å². The first-order chi connectivity index (χ1) is 8.22. The number of fused-ring (bicyclic) bond motifs is 1. The lowest BCUT2D eigenvalue weighted by atomic mass is 10.0. The van der Waals surface area contributed by atoms with Gasteiger partial charge < -0.3 is 4.90 Å². The van der Waals surface area contributed by atoms with E-state index in [2.05, 4.69) is 55.6 Å². The molecule has 0 N–H and O–H groups in total. The lowest BCUT2D eigenvalue weighted by Crippen LogP contribution is -2.31. The highest BCUT2D eigenvalue weighted by Crippen LogP contribution is 2.32. The zero-order valence-electron chi connectivity index (χ0n) is 10.9. The van der Waals surface area contributed by atoms with E-state index < -0.39 is 0 Å². The van der Waals surface area contributed by atoms with E-state index >= 15 is 0 Å². The Balaban J connectivity index is 1.97. The molecule has 0 fully saturated rings. The number of nitrogens with zero attached hydrogens (tertiary/aromatic N) is 1. The van der Waals surface area contributed by atoms with Crippen molar-refractivity contribution in [3.05, 3.63) is 29.8 Å². The van der Waals surface area contributed by atoms with Crippen LogP contribution < -0.4 is 4.90 Å². The van der Waals surface area contributed by atoms with Crippen molar-refractivity contribution in [3.8, 4) is 0 Å². The fourth-order valence-corrected chi connectivity index (χ4v) is 3.14. The van der Waals surface area contributed by atoms with Gasteiger partial charge in [-0.25, -0.2) is 0 Å². The van der Waals surface area contributed by atoms with Crippen LogP contribution in [0.2, 0.25) is 0 Å². The monoisotopic (exact) mass is 249 g/mol. The van der Waals surface area contributed by atoms with Gasteiger partial charge in [0.25, 0.3) is 0 Å². The summed E-state index contributed by atoms with van der Waals surface area (Å²) in [6.45, 7) is 5.86. The van der Waals surface area contributed by atoms with Crippen molar-refractivity contribution in [3.63, 3.8) is 0 Å². The number of hydrogen-bond donors (Lipinski definition) is 1. The third kappa shape index (κ3) is 2.98. The molecule has 1 aromatic carbocycles. The predicted molar refractivity (Wildman–Crippen MR) is 79.2 cm³/mol. The summed E-state index contributed by atoms with van der Waals surface area (Å²) in [7, 11) is 0. The molecule has 2 heteroatoms. The maximum atomic E-state index is 4.31. The SMILES string of the molecule is CC(CCS)CCN1c2ccccc2CC1C. The van der Waals surface area contributed by atoms with Crippen molar-refractivity contribution in [2.75, 3.05) is 17.2 Å².